The predicted molar refractivity (Wildman–Crippen MR) is 219 cm³/mol. The van der Waals surface area contributed by atoms with Crippen molar-refractivity contribution in [1.29, 1.82) is 0 Å². The lowest BCUT2D eigenvalue weighted by molar-refractivity contribution is -0.0421. The van der Waals surface area contributed by atoms with Gasteiger partial charge in [0, 0.05) is 79.2 Å². The molecule has 0 aliphatic carbocycles. The molecule has 0 aromatic heterocycles. The Bertz CT molecular complexity index is 921. The van der Waals surface area contributed by atoms with Crippen molar-refractivity contribution >= 4 is 35.2 Å². The zero-order valence-electron chi connectivity index (χ0n) is 36.1. The van der Waals surface area contributed by atoms with Crippen LogP contribution in [0.1, 0.15) is 115 Å². The van der Waals surface area contributed by atoms with E-state index in [0.717, 1.165) is 51.6 Å². The molecule has 0 spiro atoms. The highest BCUT2D eigenvalue weighted by atomic mass is 28.4. The first-order valence-electron chi connectivity index (χ1n) is 21.2. The Morgan fingerprint density at radius 3 is 1.31 bits per heavy atom. The van der Waals surface area contributed by atoms with E-state index in [1.54, 1.807) is 0 Å². The second-order valence-electron chi connectivity index (χ2n) is 13.8. The Hall–Kier alpha value is 0.308. The third kappa shape index (κ3) is 16.5. The van der Waals surface area contributed by atoms with E-state index in [9.17, 15) is 0 Å². The molecule has 322 valence electrons. The summed E-state index contributed by atoms with van der Waals surface area (Å²) in [5.41, 5.74) is 0. The molecule has 18 heteroatoms. The van der Waals surface area contributed by atoms with Crippen molar-refractivity contribution in [3.63, 3.8) is 0 Å². The van der Waals surface area contributed by atoms with Crippen LogP contribution in [0.25, 0.3) is 0 Å². The van der Waals surface area contributed by atoms with Crippen LogP contribution in [-0.2, 0) is 53.1 Å². The number of hydrogen-bond acceptors (Lipinski definition) is 14. The lowest BCUT2D eigenvalue weighted by Gasteiger charge is -2.46. The SMILES string of the molecule is CCO[Si](CN1CC(CCCCCCC(C)C2CN(C[Si](OCC)(OCC)OCC)C[Si](OCC)(OCC)O2)O[Si](OCC)(OCC)C1)(OCC)OCC. The first-order valence-corrected chi connectivity index (χ1v) is 29.0. The van der Waals surface area contributed by atoms with Gasteiger partial charge in [-0.15, -0.1) is 0 Å². The topological polar surface area (TPSA) is 117 Å². The summed E-state index contributed by atoms with van der Waals surface area (Å²) < 4.78 is 76.3. The highest BCUT2D eigenvalue weighted by Crippen LogP contribution is 2.30. The molecule has 2 aliphatic rings. The number of hydrogen-bond donors (Lipinski definition) is 0. The monoisotopic (exact) mass is 844 g/mol. The smallest absolute Gasteiger partial charge is 0.373 e. The molecule has 0 aromatic carbocycles. The van der Waals surface area contributed by atoms with E-state index in [4.69, 9.17) is 53.1 Å². The van der Waals surface area contributed by atoms with E-state index in [1.165, 1.54) is 0 Å². The van der Waals surface area contributed by atoms with Crippen molar-refractivity contribution < 1.29 is 53.1 Å². The zero-order valence-corrected chi connectivity index (χ0v) is 40.1. The predicted octanol–water partition coefficient (Wildman–Crippen LogP) is 5.64. The van der Waals surface area contributed by atoms with Gasteiger partial charge in [0.05, 0.1) is 36.9 Å². The van der Waals surface area contributed by atoms with Crippen LogP contribution in [-0.4, -0.2) is 161 Å². The molecular weight excluding hydrogens is 765 g/mol. The van der Waals surface area contributed by atoms with Crippen molar-refractivity contribution in [3.05, 3.63) is 0 Å². The minimum Gasteiger partial charge on any atom is -0.373 e. The normalized spacial score (nSPS) is 21.8. The maximum absolute atomic E-state index is 6.83. The van der Waals surface area contributed by atoms with Gasteiger partial charge in [0.2, 0.25) is 0 Å². The average Bonchev–Trinajstić information content (AvgIpc) is 3.10. The summed E-state index contributed by atoms with van der Waals surface area (Å²) in [5, 5.41) is 0. The number of rotatable bonds is 32. The van der Waals surface area contributed by atoms with Gasteiger partial charge in [-0.1, -0.05) is 32.6 Å². The van der Waals surface area contributed by atoms with Gasteiger partial charge in [-0.2, -0.15) is 0 Å². The maximum atomic E-state index is 6.83. The molecule has 0 bridgehead atoms. The van der Waals surface area contributed by atoms with Crippen molar-refractivity contribution in [1.82, 2.24) is 9.80 Å². The Balaban J connectivity index is 2.05. The highest BCUT2D eigenvalue weighted by molar-refractivity contribution is 6.63. The molecule has 14 nitrogen and oxygen atoms in total. The minimum atomic E-state index is -2.95. The molecule has 2 aliphatic heterocycles. The number of nitrogens with zero attached hydrogens (tertiary/aromatic N) is 2. The molecule has 0 radical (unpaired) electrons. The van der Waals surface area contributed by atoms with E-state index in [-0.39, 0.29) is 12.2 Å². The van der Waals surface area contributed by atoms with Crippen LogP contribution < -0.4 is 0 Å². The van der Waals surface area contributed by atoms with E-state index < -0.39 is 35.2 Å². The zero-order chi connectivity index (χ0) is 39.9. The van der Waals surface area contributed by atoms with Crippen molar-refractivity contribution in [2.24, 2.45) is 5.92 Å². The van der Waals surface area contributed by atoms with Gasteiger partial charge in [0.1, 0.15) is 0 Å². The van der Waals surface area contributed by atoms with Crippen LogP contribution in [0.2, 0.25) is 0 Å². The molecule has 3 unspecified atom stereocenters. The maximum Gasteiger partial charge on any atom is 0.516 e. The number of unbranched alkanes of at least 4 members (excludes halogenated alkanes) is 3. The summed E-state index contributed by atoms with van der Waals surface area (Å²) in [4.78, 5) is 4.74. The van der Waals surface area contributed by atoms with E-state index in [2.05, 4.69) is 16.7 Å². The standard InChI is InChI=1S/C36H80N2O12Si4/c1-12-39-51(40-13-2,41-14-3)30-37-28-35(49-53(32-37,45-18-7)46-19-8)27-25-23-22-24-26-34(11)36-29-38(33-54(50-36,47-20-9)48-21-10)31-52(42-15-4,43-16-5)44-17-6/h34-36H,12-33H2,1-11H3. The van der Waals surface area contributed by atoms with E-state index in [0.29, 0.717) is 96.7 Å². The van der Waals surface area contributed by atoms with Gasteiger partial charge in [0.15, 0.2) is 0 Å². The molecule has 0 amide bonds. The van der Waals surface area contributed by atoms with Gasteiger partial charge in [-0.05, 0) is 88.0 Å². The van der Waals surface area contributed by atoms with Gasteiger partial charge >= 0.3 is 35.2 Å². The quantitative estimate of drug-likeness (QED) is 0.0614. The fraction of sp³-hybridized carbons (Fsp3) is 1.00. The van der Waals surface area contributed by atoms with Gasteiger partial charge in [-0.3, -0.25) is 9.80 Å². The second-order valence-corrected chi connectivity index (χ2v) is 23.9. The highest BCUT2D eigenvalue weighted by Gasteiger charge is 2.54. The van der Waals surface area contributed by atoms with Crippen molar-refractivity contribution in [3.8, 4) is 0 Å². The molecule has 3 atom stereocenters. The molecule has 2 saturated heterocycles. The molecule has 2 heterocycles. The molecule has 2 fully saturated rings. The first-order chi connectivity index (χ1) is 26.0. The van der Waals surface area contributed by atoms with Crippen LogP contribution >= 0.6 is 0 Å². The third-order valence-electron chi connectivity index (χ3n) is 9.46. The van der Waals surface area contributed by atoms with Gasteiger partial charge in [-0.25, -0.2) is 0 Å². The summed E-state index contributed by atoms with van der Waals surface area (Å²) >= 11 is 0. The lowest BCUT2D eigenvalue weighted by Crippen LogP contribution is -2.67. The molecule has 0 aromatic rings. The van der Waals surface area contributed by atoms with Crippen LogP contribution in [0.4, 0.5) is 0 Å². The molecule has 54 heavy (non-hydrogen) atoms. The molecule has 0 saturated carbocycles. The summed E-state index contributed by atoms with van der Waals surface area (Å²) in [6.45, 7) is 29.3. The summed E-state index contributed by atoms with van der Waals surface area (Å²) in [6.07, 6.45) is 8.84. The van der Waals surface area contributed by atoms with Crippen molar-refractivity contribution in [2.75, 3.05) is 104 Å². The van der Waals surface area contributed by atoms with E-state index >= 15 is 0 Å². The van der Waals surface area contributed by atoms with Crippen LogP contribution in [0, 0.1) is 5.92 Å². The van der Waals surface area contributed by atoms with Crippen LogP contribution in [0.5, 0.6) is 0 Å². The Labute approximate surface area is 333 Å². The molecular formula is C36H80N2O12Si4. The van der Waals surface area contributed by atoms with Crippen LogP contribution in [0.3, 0.4) is 0 Å². The van der Waals surface area contributed by atoms with E-state index in [1.807, 2.05) is 69.2 Å². The fourth-order valence-electron chi connectivity index (χ4n) is 7.59. The Morgan fingerprint density at radius 2 is 0.907 bits per heavy atom. The van der Waals surface area contributed by atoms with Gasteiger partial charge < -0.3 is 53.1 Å². The minimum absolute atomic E-state index is 0.0107. The largest absolute Gasteiger partial charge is 0.516 e. The summed E-state index contributed by atoms with van der Waals surface area (Å²) in [6, 6.07) is 0. The molecule has 2 rings (SSSR count). The Morgan fingerprint density at radius 1 is 0.519 bits per heavy atom. The third-order valence-corrected chi connectivity index (χ3v) is 21.4. The summed E-state index contributed by atoms with van der Waals surface area (Å²) in [7, 11) is -11.7. The van der Waals surface area contributed by atoms with Crippen molar-refractivity contribution in [2.45, 2.75) is 127 Å². The lowest BCUT2D eigenvalue weighted by atomic mass is 9.96. The second kappa shape index (κ2) is 27.1. The van der Waals surface area contributed by atoms with Gasteiger partial charge in [0.25, 0.3) is 0 Å². The first kappa shape index (κ1) is 50.5. The molecule has 0 N–H and O–H groups in total. The fourth-order valence-corrected chi connectivity index (χ4v) is 19.1. The van der Waals surface area contributed by atoms with Crippen LogP contribution in [0.15, 0.2) is 0 Å². The summed E-state index contributed by atoms with van der Waals surface area (Å²) in [5.74, 6) is 0.327. The average molecular weight is 845 g/mol. The Kier molecular flexibility index (Phi) is 25.4.